The number of hydrogen-bond donors (Lipinski definition) is 2. The SMILES string of the molecule is COc1ccc2cc(C3(CCBr)O[C@@H](C(=O)O)[C@H](C(=O)O)O3)ccc2c1. The first-order valence-corrected chi connectivity index (χ1v) is 8.98. The van der Waals surface area contributed by atoms with Gasteiger partial charge in [0.15, 0.2) is 18.0 Å². The van der Waals surface area contributed by atoms with Crippen molar-refractivity contribution in [1.29, 1.82) is 0 Å². The third kappa shape index (κ3) is 3.27. The van der Waals surface area contributed by atoms with Gasteiger partial charge in [0, 0.05) is 17.3 Å². The van der Waals surface area contributed by atoms with Crippen molar-refractivity contribution in [3.8, 4) is 5.75 Å². The summed E-state index contributed by atoms with van der Waals surface area (Å²) in [7, 11) is 1.58. The number of halogens is 1. The Kier molecular flexibility index (Phi) is 5.17. The van der Waals surface area contributed by atoms with E-state index < -0.39 is 29.9 Å². The van der Waals surface area contributed by atoms with Gasteiger partial charge < -0.3 is 24.4 Å². The van der Waals surface area contributed by atoms with Crippen LogP contribution in [0.5, 0.6) is 5.75 Å². The summed E-state index contributed by atoms with van der Waals surface area (Å²) in [5.74, 6) is -3.49. The van der Waals surface area contributed by atoms with Gasteiger partial charge in [-0.3, -0.25) is 0 Å². The standard InChI is InChI=1S/C18H17BrO7/c1-24-13-5-3-10-8-12(4-2-11(10)9-13)18(6-7-19)25-14(16(20)21)15(26-18)17(22)23/h2-5,8-9,14-15H,6-7H2,1H3,(H,20,21)(H,22,23)/t14-,15-/m1/s1. The summed E-state index contributed by atoms with van der Waals surface area (Å²) < 4.78 is 16.5. The molecule has 0 unspecified atom stereocenters. The van der Waals surface area contributed by atoms with Crippen LogP contribution in [0.2, 0.25) is 0 Å². The van der Waals surface area contributed by atoms with Crippen LogP contribution in [0, 0.1) is 0 Å². The van der Waals surface area contributed by atoms with Crippen LogP contribution in [-0.4, -0.2) is 46.8 Å². The van der Waals surface area contributed by atoms with Crippen LogP contribution >= 0.6 is 15.9 Å². The van der Waals surface area contributed by atoms with Gasteiger partial charge in [-0.25, -0.2) is 9.59 Å². The Bertz CT molecular complexity index is 829. The molecule has 1 fully saturated rings. The van der Waals surface area contributed by atoms with E-state index in [1.165, 1.54) is 0 Å². The number of aliphatic carboxylic acids is 2. The quantitative estimate of drug-likeness (QED) is 0.687. The fourth-order valence-electron chi connectivity index (χ4n) is 3.03. The van der Waals surface area contributed by atoms with Crippen molar-refractivity contribution in [1.82, 2.24) is 0 Å². The lowest BCUT2D eigenvalue weighted by atomic mass is 9.99. The van der Waals surface area contributed by atoms with E-state index >= 15 is 0 Å². The lowest BCUT2D eigenvalue weighted by Crippen LogP contribution is -2.36. The minimum absolute atomic E-state index is 0.252. The van der Waals surface area contributed by atoms with Gasteiger partial charge in [0.1, 0.15) is 5.75 Å². The van der Waals surface area contributed by atoms with E-state index in [-0.39, 0.29) is 6.42 Å². The summed E-state index contributed by atoms with van der Waals surface area (Å²) in [5.41, 5.74) is 0.560. The van der Waals surface area contributed by atoms with E-state index in [2.05, 4.69) is 15.9 Å². The van der Waals surface area contributed by atoms with Gasteiger partial charge >= 0.3 is 11.9 Å². The lowest BCUT2D eigenvalue weighted by molar-refractivity contribution is -0.194. The first kappa shape index (κ1) is 18.6. The van der Waals surface area contributed by atoms with Crippen molar-refractivity contribution >= 4 is 38.6 Å². The fourth-order valence-corrected chi connectivity index (χ4v) is 3.55. The van der Waals surface area contributed by atoms with Crippen molar-refractivity contribution in [2.75, 3.05) is 12.4 Å². The van der Waals surface area contributed by atoms with Gasteiger partial charge in [-0.15, -0.1) is 0 Å². The van der Waals surface area contributed by atoms with Crippen molar-refractivity contribution < 1.29 is 34.0 Å². The minimum Gasteiger partial charge on any atom is -0.497 e. The topological polar surface area (TPSA) is 102 Å². The molecule has 7 nitrogen and oxygen atoms in total. The number of carbonyl (C=O) groups is 2. The van der Waals surface area contributed by atoms with Crippen molar-refractivity contribution in [2.45, 2.75) is 24.4 Å². The second kappa shape index (κ2) is 7.22. The maximum absolute atomic E-state index is 11.4. The Labute approximate surface area is 157 Å². The van der Waals surface area contributed by atoms with E-state index in [0.717, 1.165) is 10.8 Å². The first-order chi connectivity index (χ1) is 12.4. The average molecular weight is 425 g/mol. The van der Waals surface area contributed by atoms with Crippen molar-refractivity contribution in [3.05, 3.63) is 42.0 Å². The number of alkyl halides is 1. The molecular formula is C18H17BrO7. The number of carboxylic acids is 2. The molecule has 2 N–H and O–H groups in total. The highest BCUT2D eigenvalue weighted by Crippen LogP contribution is 2.42. The van der Waals surface area contributed by atoms with Crippen molar-refractivity contribution in [2.24, 2.45) is 0 Å². The molecule has 26 heavy (non-hydrogen) atoms. The number of rotatable bonds is 6. The minimum atomic E-state index is -1.59. The molecule has 8 heteroatoms. The Morgan fingerprint density at radius 1 is 1.08 bits per heavy atom. The highest BCUT2D eigenvalue weighted by molar-refractivity contribution is 9.09. The van der Waals surface area contributed by atoms with Gasteiger partial charge in [0.2, 0.25) is 0 Å². The second-order valence-corrected chi connectivity index (χ2v) is 6.67. The Balaban J connectivity index is 2.06. The molecule has 0 aromatic heterocycles. The predicted molar refractivity (Wildman–Crippen MR) is 95.6 cm³/mol. The Morgan fingerprint density at radius 3 is 2.19 bits per heavy atom. The summed E-state index contributed by atoms with van der Waals surface area (Å²) in [6, 6.07) is 10.9. The molecule has 0 amide bonds. The van der Waals surface area contributed by atoms with Crippen LogP contribution in [0.1, 0.15) is 12.0 Å². The fraction of sp³-hybridized carbons (Fsp3) is 0.333. The van der Waals surface area contributed by atoms with E-state index in [4.69, 9.17) is 14.2 Å². The Hall–Kier alpha value is -2.16. The van der Waals surface area contributed by atoms with Crippen molar-refractivity contribution in [3.63, 3.8) is 0 Å². The Morgan fingerprint density at radius 2 is 1.65 bits per heavy atom. The molecule has 138 valence electrons. The molecule has 0 radical (unpaired) electrons. The first-order valence-electron chi connectivity index (χ1n) is 7.86. The lowest BCUT2D eigenvalue weighted by Gasteiger charge is -2.28. The van der Waals surface area contributed by atoms with E-state index in [9.17, 15) is 19.8 Å². The zero-order valence-electron chi connectivity index (χ0n) is 13.8. The van der Waals surface area contributed by atoms with E-state index in [1.807, 2.05) is 18.2 Å². The van der Waals surface area contributed by atoms with E-state index in [0.29, 0.717) is 16.6 Å². The van der Waals surface area contributed by atoms with Gasteiger partial charge in [-0.05, 0) is 29.0 Å². The number of hydrogen-bond acceptors (Lipinski definition) is 5. The maximum atomic E-state index is 11.4. The summed E-state index contributed by atoms with van der Waals surface area (Å²) >= 11 is 3.30. The average Bonchev–Trinajstić information content (AvgIpc) is 3.02. The van der Waals surface area contributed by atoms with Crippen LogP contribution in [-0.2, 0) is 24.8 Å². The molecule has 3 rings (SSSR count). The summed E-state index contributed by atoms with van der Waals surface area (Å²) in [6.07, 6.45) is -2.92. The highest BCUT2D eigenvalue weighted by atomic mass is 79.9. The summed E-state index contributed by atoms with van der Waals surface area (Å²) in [4.78, 5) is 22.9. The smallest absolute Gasteiger partial charge is 0.336 e. The number of carboxylic acid groups (broad SMARTS) is 2. The normalized spacial score (nSPS) is 21.6. The van der Waals surface area contributed by atoms with E-state index in [1.54, 1.807) is 25.3 Å². The third-order valence-electron chi connectivity index (χ3n) is 4.31. The maximum Gasteiger partial charge on any atom is 0.336 e. The van der Waals surface area contributed by atoms with Crippen LogP contribution < -0.4 is 4.74 Å². The number of benzene rings is 2. The zero-order chi connectivity index (χ0) is 18.9. The molecule has 1 aliphatic rings. The monoisotopic (exact) mass is 424 g/mol. The van der Waals surface area contributed by atoms with Gasteiger partial charge in [-0.2, -0.15) is 0 Å². The molecule has 1 aliphatic heterocycles. The largest absolute Gasteiger partial charge is 0.497 e. The number of fused-ring (bicyclic) bond motifs is 1. The van der Waals surface area contributed by atoms with Gasteiger partial charge in [0.05, 0.1) is 7.11 Å². The van der Waals surface area contributed by atoms with Gasteiger partial charge in [0.25, 0.3) is 0 Å². The number of ether oxygens (including phenoxy) is 3. The molecule has 2 aromatic rings. The van der Waals surface area contributed by atoms with Crippen LogP contribution in [0.15, 0.2) is 36.4 Å². The third-order valence-corrected chi connectivity index (χ3v) is 4.70. The summed E-state index contributed by atoms with van der Waals surface area (Å²) in [6.45, 7) is 0. The van der Waals surface area contributed by atoms with Crippen LogP contribution in [0.3, 0.4) is 0 Å². The zero-order valence-corrected chi connectivity index (χ0v) is 15.4. The molecule has 0 aliphatic carbocycles. The highest BCUT2D eigenvalue weighted by Gasteiger charge is 2.54. The molecule has 0 saturated carbocycles. The molecule has 2 aromatic carbocycles. The molecule has 2 atom stereocenters. The second-order valence-electron chi connectivity index (χ2n) is 5.87. The van der Waals surface area contributed by atoms with Gasteiger partial charge in [-0.1, -0.05) is 34.1 Å². The molecule has 1 heterocycles. The molecular weight excluding hydrogens is 408 g/mol. The summed E-state index contributed by atoms with van der Waals surface area (Å²) in [5, 5.41) is 20.9. The van der Waals surface area contributed by atoms with Crippen LogP contribution in [0.25, 0.3) is 10.8 Å². The van der Waals surface area contributed by atoms with Crippen LogP contribution in [0.4, 0.5) is 0 Å². The molecule has 0 bridgehead atoms. The molecule has 1 saturated heterocycles. The molecule has 0 spiro atoms. The number of methoxy groups -OCH3 is 1. The predicted octanol–water partition coefficient (Wildman–Crippen LogP) is 2.74.